The maximum absolute atomic E-state index is 5.40. The number of hydrogen-bond acceptors (Lipinski definition) is 4. The third-order valence-corrected chi connectivity index (χ3v) is 3.64. The van der Waals surface area contributed by atoms with Crippen LogP contribution in [0.4, 0.5) is 5.82 Å². The SMILES string of the molecule is CCOCCN(C)c1ncc(Br)cc1CNC1CC1. The van der Waals surface area contributed by atoms with Gasteiger partial charge in [-0.1, -0.05) is 0 Å². The number of aromatic nitrogens is 1. The molecule has 0 unspecified atom stereocenters. The molecule has 2 rings (SSSR count). The Bertz CT molecular complexity index is 410. The predicted octanol–water partition coefficient (Wildman–Crippen LogP) is 2.57. The maximum Gasteiger partial charge on any atom is 0.132 e. The van der Waals surface area contributed by atoms with E-state index in [9.17, 15) is 0 Å². The highest BCUT2D eigenvalue weighted by Crippen LogP contribution is 2.23. The number of ether oxygens (including phenoxy) is 1. The Hall–Kier alpha value is -0.650. The van der Waals surface area contributed by atoms with Crippen molar-refractivity contribution in [2.24, 2.45) is 0 Å². The largest absolute Gasteiger partial charge is 0.380 e. The zero-order valence-corrected chi connectivity index (χ0v) is 13.2. The summed E-state index contributed by atoms with van der Waals surface area (Å²) in [6, 6.07) is 2.86. The first-order chi connectivity index (χ1) is 9.20. The minimum absolute atomic E-state index is 0.709. The number of anilines is 1. The molecule has 0 aliphatic heterocycles. The van der Waals surface area contributed by atoms with Crippen LogP contribution in [0.5, 0.6) is 0 Å². The average molecular weight is 328 g/mol. The molecule has 0 aromatic carbocycles. The summed E-state index contributed by atoms with van der Waals surface area (Å²) in [5, 5.41) is 3.54. The second-order valence-electron chi connectivity index (χ2n) is 4.91. The van der Waals surface area contributed by atoms with E-state index in [4.69, 9.17) is 4.74 Å². The molecule has 1 aromatic rings. The van der Waals surface area contributed by atoms with Crippen molar-refractivity contribution in [2.75, 3.05) is 31.7 Å². The summed E-state index contributed by atoms with van der Waals surface area (Å²) in [5.41, 5.74) is 1.24. The van der Waals surface area contributed by atoms with Crippen molar-refractivity contribution in [2.45, 2.75) is 32.4 Å². The summed E-state index contributed by atoms with van der Waals surface area (Å²) >= 11 is 3.50. The van der Waals surface area contributed by atoms with E-state index >= 15 is 0 Å². The van der Waals surface area contributed by atoms with Gasteiger partial charge in [0.25, 0.3) is 0 Å². The van der Waals surface area contributed by atoms with Gasteiger partial charge < -0.3 is 15.0 Å². The minimum atomic E-state index is 0.709. The van der Waals surface area contributed by atoms with E-state index in [0.29, 0.717) is 6.04 Å². The van der Waals surface area contributed by atoms with E-state index in [0.717, 1.165) is 36.6 Å². The Morgan fingerprint density at radius 3 is 3.00 bits per heavy atom. The van der Waals surface area contributed by atoms with E-state index < -0.39 is 0 Å². The Kier molecular flexibility index (Phi) is 5.60. The van der Waals surface area contributed by atoms with Gasteiger partial charge in [-0.25, -0.2) is 4.98 Å². The third-order valence-electron chi connectivity index (χ3n) is 3.20. The van der Waals surface area contributed by atoms with Crippen molar-refractivity contribution in [1.29, 1.82) is 0 Å². The van der Waals surface area contributed by atoms with Crippen LogP contribution in [0.1, 0.15) is 25.3 Å². The maximum atomic E-state index is 5.40. The van der Waals surface area contributed by atoms with Crippen LogP contribution in [0.15, 0.2) is 16.7 Å². The van der Waals surface area contributed by atoms with E-state index in [2.05, 4.69) is 44.2 Å². The molecule has 0 spiro atoms. The smallest absolute Gasteiger partial charge is 0.132 e. The minimum Gasteiger partial charge on any atom is -0.380 e. The molecule has 1 saturated carbocycles. The van der Waals surface area contributed by atoms with Crippen molar-refractivity contribution >= 4 is 21.7 Å². The van der Waals surface area contributed by atoms with Crippen molar-refractivity contribution in [3.8, 4) is 0 Å². The summed E-state index contributed by atoms with van der Waals surface area (Å²) in [6.07, 6.45) is 4.46. The van der Waals surface area contributed by atoms with Gasteiger partial charge in [0, 0.05) is 49.0 Å². The number of rotatable bonds is 8. The lowest BCUT2D eigenvalue weighted by atomic mass is 10.2. The summed E-state index contributed by atoms with van der Waals surface area (Å²) < 4.78 is 6.43. The Morgan fingerprint density at radius 1 is 1.53 bits per heavy atom. The standard InChI is InChI=1S/C14H22BrN3O/c1-3-19-7-6-18(2)14-11(8-12(15)10-17-14)9-16-13-4-5-13/h8,10,13,16H,3-7,9H2,1-2H3. The van der Waals surface area contributed by atoms with Gasteiger partial charge in [-0.2, -0.15) is 0 Å². The molecule has 0 bridgehead atoms. The molecule has 1 N–H and O–H groups in total. The molecule has 1 aromatic heterocycles. The summed E-state index contributed by atoms with van der Waals surface area (Å²) in [6.45, 7) is 5.26. The lowest BCUT2D eigenvalue weighted by Crippen LogP contribution is -2.26. The molecule has 1 heterocycles. The summed E-state index contributed by atoms with van der Waals surface area (Å²) in [7, 11) is 2.07. The van der Waals surface area contributed by atoms with E-state index in [-0.39, 0.29) is 0 Å². The van der Waals surface area contributed by atoms with Gasteiger partial charge in [0.15, 0.2) is 0 Å². The highest BCUT2D eigenvalue weighted by molar-refractivity contribution is 9.10. The number of likely N-dealkylation sites (N-methyl/N-ethyl adjacent to an activating group) is 1. The van der Waals surface area contributed by atoms with Crippen LogP contribution >= 0.6 is 15.9 Å². The number of nitrogens with one attached hydrogen (secondary N) is 1. The first-order valence-corrected chi connectivity index (χ1v) is 7.66. The molecule has 0 radical (unpaired) electrons. The lowest BCUT2D eigenvalue weighted by molar-refractivity contribution is 0.154. The number of halogens is 1. The lowest BCUT2D eigenvalue weighted by Gasteiger charge is -2.21. The zero-order valence-electron chi connectivity index (χ0n) is 11.7. The fourth-order valence-corrected chi connectivity index (χ4v) is 2.32. The molecule has 0 amide bonds. The average Bonchev–Trinajstić information content (AvgIpc) is 3.20. The van der Waals surface area contributed by atoms with Gasteiger partial charge in [-0.3, -0.25) is 0 Å². The van der Waals surface area contributed by atoms with E-state index in [1.165, 1.54) is 18.4 Å². The van der Waals surface area contributed by atoms with Crippen LogP contribution in [-0.2, 0) is 11.3 Å². The molecule has 106 valence electrons. The highest BCUT2D eigenvalue weighted by atomic mass is 79.9. The molecule has 1 fully saturated rings. The van der Waals surface area contributed by atoms with Crippen molar-refractivity contribution in [1.82, 2.24) is 10.3 Å². The van der Waals surface area contributed by atoms with Crippen LogP contribution in [-0.4, -0.2) is 37.8 Å². The topological polar surface area (TPSA) is 37.4 Å². The Labute approximate surface area is 123 Å². The first-order valence-electron chi connectivity index (χ1n) is 6.87. The number of nitrogens with zero attached hydrogens (tertiary/aromatic N) is 2. The normalized spacial score (nSPS) is 14.7. The predicted molar refractivity (Wildman–Crippen MR) is 81.6 cm³/mol. The molecule has 1 aliphatic rings. The van der Waals surface area contributed by atoms with Crippen molar-refractivity contribution in [3.63, 3.8) is 0 Å². The second kappa shape index (κ2) is 7.22. The number of pyridine rings is 1. The zero-order chi connectivity index (χ0) is 13.7. The van der Waals surface area contributed by atoms with Crippen molar-refractivity contribution in [3.05, 3.63) is 22.3 Å². The number of hydrogen-bond donors (Lipinski definition) is 1. The quantitative estimate of drug-likeness (QED) is 0.745. The van der Waals surface area contributed by atoms with Gasteiger partial charge in [0.1, 0.15) is 5.82 Å². The third kappa shape index (κ3) is 4.75. The fourth-order valence-electron chi connectivity index (χ4n) is 1.94. The van der Waals surface area contributed by atoms with Gasteiger partial charge in [0.2, 0.25) is 0 Å². The monoisotopic (exact) mass is 327 g/mol. The molecular formula is C14H22BrN3O. The molecular weight excluding hydrogens is 306 g/mol. The molecule has 5 heteroatoms. The van der Waals surface area contributed by atoms with Crippen LogP contribution in [0.2, 0.25) is 0 Å². The fraction of sp³-hybridized carbons (Fsp3) is 0.643. The first kappa shape index (κ1) is 14.8. The van der Waals surface area contributed by atoms with Crippen LogP contribution < -0.4 is 10.2 Å². The van der Waals surface area contributed by atoms with Crippen LogP contribution in [0.25, 0.3) is 0 Å². The van der Waals surface area contributed by atoms with Crippen molar-refractivity contribution < 1.29 is 4.74 Å². The molecule has 1 aliphatic carbocycles. The van der Waals surface area contributed by atoms with Crippen LogP contribution in [0, 0.1) is 0 Å². The van der Waals surface area contributed by atoms with Gasteiger partial charge in [-0.05, 0) is 41.8 Å². The second-order valence-corrected chi connectivity index (χ2v) is 5.83. The molecule has 0 atom stereocenters. The highest BCUT2D eigenvalue weighted by Gasteiger charge is 2.21. The molecule has 4 nitrogen and oxygen atoms in total. The summed E-state index contributed by atoms with van der Waals surface area (Å²) in [4.78, 5) is 6.70. The van der Waals surface area contributed by atoms with Gasteiger partial charge in [0.05, 0.1) is 6.61 Å². The summed E-state index contributed by atoms with van der Waals surface area (Å²) in [5.74, 6) is 1.04. The molecule has 0 saturated heterocycles. The Balaban J connectivity index is 1.99. The van der Waals surface area contributed by atoms with E-state index in [1.807, 2.05) is 13.1 Å². The van der Waals surface area contributed by atoms with Crippen LogP contribution in [0.3, 0.4) is 0 Å². The van der Waals surface area contributed by atoms with Gasteiger partial charge >= 0.3 is 0 Å². The van der Waals surface area contributed by atoms with Gasteiger partial charge in [-0.15, -0.1) is 0 Å². The Morgan fingerprint density at radius 2 is 2.32 bits per heavy atom. The molecule has 19 heavy (non-hydrogen) atoms. The van der Waals surface area contributed by atoms with E-state index in [1.54, 1.807) is 0 Å².